The molecule has 0 bridgehead atoms. The number of rotatable bonds is 5. The number of esters is 1. The van der Waals surface area contributed by atoms with Crippen molar-refractivity contribution in [3.05, 3.63) is 64.9 Å². The fourth-order valence-electron chi connectivity index (χ4n) is 4.04. The highest BCUT2D eigenvalue weighted by Crippen LogP contribution is 2.38. The predicted molar refractivity (Wildman–Crippen MR) is 114 cm³/mol. The van der Waals surface area contributed by atoms with Crippen LogP contribution < -0.4 is 0 Å². The first-order chi connectivity index (χ1) is 14.3. The molecule has 1 atom stereocenters. The second-order valence-electron chi connectivity index (χ2n) is 7.62. The third kappa shape index (κ3) is 3.52. The van der Waals surface area contributed by atoms with Gasteiger partial charge in [-0.2, -0.15) is 4.31 Å². The average Bonchev–Trinajstić information content (AvgIpc) is 3.34. The van der Waals surface area contributed by atoms with Gasteiger partial charge in [-0.3, -0.25) is 0 Å². The summed E-state index contributed by atoms with van der Waals surface area (Å²) in [7, 11) is -3.70. The second-order valence-corrected chi connectivity index (χ2v) is 9.51. The third-order valence-electron chi connectivity index (χ3n) is 5.64. The fourth-order valence-corrected chi connectivity index (χ4v) is 5.75. The molecule has 0 unspecified atom stereocenters. The van der Waals surface area contributed by atoms with E-state index >= 15 is 0 Å². The van der Waals surface area contributed by atoms with E-state index in [-0.39, 0.29) is 23.3 Å². The molecule has 0 amide bonds. The monoisotopic (exact) mass is 427 g/mol. The minimum Gasteiger partial charge on any atom is -0.460 e. The largest absolute Gasteiger partial charge is 0.460 e. The Kier molecular flexibility index (Phi) is 5.42. The quantitative estimate of drug-likeness (QED) is 0.549. The number of nitrogens with zero attached hydrogens (tertiary/aromatic N) is 1. The Morgan fingerprint density at radius 1 is 1.17 bits per heavy atom. The zero-order valence-electron chi connectivity index (χ0n) is 17.3. The second kappa shape index (κ2) is 7.89. The van der Waals surface area contributed by atoms with Crippen molar-refractivity contribution >= 4 is 27.0 Å². The summed E-state index contributed by atoms with van der Waals surface area (Å²) < 4.78 is 39.2. The standard InChI is InChI=1S/C23H25NO5S/c1-4-28-23(25)22-16(3)19-14-18(11-12-21(19)29-22)30(26,27)24-13-5-6-20(24)17-9-7-15(2)8-10-17/h7-12,14,20H,4-6,13H2,1-3H3/t20-/m0/s1. The summed E-state index contributed by atoms with van der Waals surface area (Å²) in [6.07, 6.45) is 1.61. The van der Waals surface area contributed by atoms with E-state index in [0.29, 0.717) is 23.1 Å². The number of aryl methyl sites for hydroxylation is 2. The van der Waals surface area contributed by atoms with Crippen molar-refractivity contribution < 1.29 is 22.4 Å². The maximum atomic E-state index is 13.5. The highest BCUT2D eigenvalue weighted by Gasteiger charge is 2.36. The Labute approximate surface area is 176 Å². The van der Waals surface area contributed by atoms with Gasteiger partial charge in [0.25, 0.3) is 0 Å². The van der Waals surface area contributed by atoms with Gasteiger partial charge in [0.2, 0.25) is 15.8 Å². The van der Waals surface area contributed by atoms with Crippen molar-refractivity contribution in [2.75, 3.05) is 13.2 Å². The first-order valence-corrected chi connectivity index (χ1v) is 11.6. The number of hydrogen-bond acceptors (Lipinski definition) is 5. The van der Waals surface area contributed by atoms with Crippen molar-refractivity contribution in [1.29, 1.82) is 0 Å². The number of fused-ring (bicyclic) bond motifs is 1. The van der Waals surface area contributed by atoms with Crippen LogP contribution >= 0.6 is 0 Å². The number of carbonyl (C=O) groups excluding carboxylic acids is 1. The first-order valence-electron chi connectivity index (χ1n) is 10.1. The van der Waals surface area contributed by atoms with E-state index in [1.54, 1.807) is 36.4 Å². The summed E-state index contributed by atoms with van der Waals surface area (Å²) in [6, 6.07) is 12.6. The van der Waals surface area contributed by atoms with Gasteiger partial charge in [-0.05, 0) is 57.4 Å². The van der Waals surface area contributed by atoms with E-state index in [0.717, 1.165) is 24.0 Å². The maximum Gasteiger partial charge on any atom is 0.374 e. The summed E-state index contributed by atoms with van der Waals surface area (Å²) in [6.45, 7) is 6.20. The van der Waals surface area contributed by atoms with Gasteiger partial charge in [-0.25, -0.2) is 13.2 Å². The number of ether oxygens (including phenoxy) is 1. The smallest absolute Gasteiger partial charge is 0.374 e. The lowest BCUT2D eigenvalue weighted by Crippen LogP contribution is -2.30. The molecule has 0 saturated carbocycles. The van der Waals surface area contributed by atoms with Gasteiger partial charge in [-0.15, -0.1) is 0 Å². The highest BCUT2D eigenvalue weighted by molar-refractivity contribution is 7.89. The zero-order chi connectivity index (χ0) is 21.5. The van der Waals surface area contributed by atoms with Crippen molar-refractivity contribution in [1.82, 2.24) is 4.31 Å². The lowest BCUT2D eigenvalue weighted by Gasteiger charge is -2.24. The van der Waals surface area contributed by atoms with E-state index in [1.165, 1.54) is 0 Å². The van der Waals surface area contributed by atoms with Crippen molar-refractivity contribution in [3.63, 3.8) is 0 Å². The molecular weight excluding hydrogens is 402 g/mol. The van der Waals surface area contributed by atoms with Gasteiger partial charge in [0, 0.05) is 17.5 Å². The van der Waals surface area contributed by atoms with Gasteiger partial charge in [0.15, 0.2) is 0 Å². The van der Waals surface area contributed by atoms with Gasteiger partial charge in [0.1, 0.15) is 5.58 Å². The number of carbonyl (C=O) groups is 1. The molecule has 1 saturated heterocycles. The molecular formula is C23H25NO5S. The van der Waals surface area contributed by atoms with Crippen LogP contribution in [0.1, 0.15) is 53.1 Å². The molecule has 3 aromatic rings. The average molecular weight is 428 g/mol. The van der Waals surface area contributed by atoms with Gasteiger partial charge in [0.05, 0.1) is 17.5 Å². The van der Waals surface area contributed by atoms with E-state index in [2.05, 4.69) is 0 Å². The molecule has 2 aromatic carbocycles. The van der Waals surface area contributed by atoms with Gasteiger partial charge >= 0.3 is 5.97 Å². The number of sulfonamides is 1. The molecule has 0 N–H and O–H groups in total. The molecule has 2 heterocycles. The van der Waals surface area contributed by atoms with Crippen LogP contribution in [0.15, 0.2) is 51.8 Å². The minimum atomic E-state index is -3.70. The molecule has 0 spiro atoms. The van der Waals surface area contributed by atoms with Gasteiger partial charge < -0.3 is 9.15 Å². The van der Waals surface area contributed by atoms with Crippen LogP contribution in [0, 0.1) is 13.8 Å². The van der Waals surface area contributed by atoms with E-state index in [4.69, 9.17) is 9.15 Å². The Morgan fingerprint density at radius 3 is 2.60 bits per heavy atom. The van der Waals surface area contributed by atoms with Crippen LogP contribution in [0.3, 0.4) is 0 Å². The van der Waals surface area contributed by atoms with E-state index in [9.17, 15) is 13.2 Å². The summed E-state index contributed by atoms with van der Waals surface area (Å²) >= 11 is 0. The summed E-state index contributed by atoms with van der Waals surface area (Å²) in [4.78, 5) is 12.3. The molecule has 30 heavy (non-hydrogen) atoms. The topological polar surface area (TPSA) is 76.8 Å². The lowest BCUT2D eigenvalue weighted by atomic mass is 10.0. The molecule has 0 radical (unpaired) electrons. The SMILES string of the molecule is CCOC(=O)c1oc2ccc(S(=O)(=O)N3CCC[C@H]3c3ccc(C)cc3)cc2c1C. The highest BCUT2D eigenvalue weighted by atomic mass is 32.2. The van der Waals surface area contributed by atoms with Crippen LogP contribution in [-0.2, 0) is 14.8 Å². The Bertz CT molecular complexity index is 1190. The van der Waals surface area contributed by atoms with Crippen molar-refractivity contribution in [2.24, 2.45) is 0 Å². The van der Waals surface area contributed by atoms with Crippen LogP contribution in [0.25, 0.3) is 11.0 Å². The summed E-state index contributed by atoms with van der Waals surface area (Å²) in [5, 5.41) is 0.602. The summed E-state index contributed by atoms with van der Waals surface area (Å²) in [5.74, 6) is -0.435. The third-order valence-corrected chi connectivity index (χ3v) is 7.55. The van der Waals surface area contributed by atoms with Crippen molar-refractivity contribution in [2.45, 2.75) is 44.6 Å². The van der Waals surface area contributed by atoms with E-state index in [1.807, 2.05) is 31.2 Å². The van der Waals surface area contributed by atoms with Gasteiger partial charge in [-0.1, -0.05) is 29.8 Å². The van der Waals surface area contributed by atoms with Crippen LogP contribution in [0.5, 0.6) is 0 Å². The predicted octanol–water partition coefficient (Wildman–Crippen LogP) is 4.75. The number of benzene rings is 2. The van der Waals surface area contributed by atoms with Crippen molar-refractivity contribution in [3.8, 4) is 0 Å². The molecule has 158 valence electrons. The zero-order valence-corrected chi connectivity index (χ0v) is 18.2. The van der Waals surface area contributed by atoms with E-state index < -0.39 is 16.0 Å². The molecule has 1 aliphatic heterocycles. The fraction of sp³-hybridized carbons (Fsp3) is 0.348. The van der Waals surface area contributed by atoms with Crippen LogP contribution in [-0.4, -0.2) is 31.8 Å². The molecule has 1 aromatic heterocycles. The molecule has 1 aliphatic rings. The number of furan rings is 1. The Hall–Kier alpha value is -2.64. The normalized spacial score (nSPS) is 17.5. The molecule has 7 heteroatoms. The molecule has 4 rings (SSSR count). The number of hydrogen-bond donors (Lipinski definition) is 0. The molecule has 6 nitrogen and oxygen atoms in total. The lowest BCUT2D eigenvalue weighted by molar-refractivity contribution is 0.0491. The van der Waals surface area contributed by atoms with Crippen LogP contribution in [0.2, 0.25) is 0 Å². The first kappa shape index (κ1) is 20.6. The Morgan fingerprint density at radius 2 is 1.90 bits per heavy atom. The molecule has 0 aliphatic carbocycles. The summed E-state index contributed by atoms with van der Waals surface area (Å²) in [5.41, 5.74) is 3.19. The minimum absolute atomic E-state index is 0.111. The molecule has 1 fully saturated rings. The Balaban J connectivity index is 1.72. The maximum absolute atomic E-state index is 13.5. The van der Waals surface area contributed by atoms with Crippen LogP contribution in [0.4, 0.5) is 0 Å².